The van der Waals surface area contributed by atoms with Crippen LogP contribution >= 0.6 is 35.3 Å². The van der Waals surface area contributed by atoms with Gasteiger partial charge in [-0.05, 0) is 36.5 Å². The second-order valence-corrected chi connectivity index (χ2v) is 7.50. The lowest BCUT2D eigenvalue weighted by Crippen LogP contribution is -1.95. The van der Waals surface area contributed by atoms with Crippen LogP contribution in [0.15, 0.2) is 62.0 Å². The number of nitrogens with zero attached hydrogens (tertiary/aromatic N) is 4. The van der Waals surface area contributed by atoms with E-state index in [1.165, 1.54) is 23.1 Å². The number of hydrogen-bond acceptors (Lipinski definition) is 8. The molecule has 120 valence electrons. The lowest BCUT2D eigenvalue weighted by atomic mass is 10.3. The van der Waals surface area contributed by atoms with Gasteiger partial charge in [-0.2, -0.15) is 4.98 Å². The summed E-state index contributed by atoms with van der Waals surface area (Å²) >= 11 is 8.35. The molecule has 0 atom stereocenters. The Bertz CT molecular complexity index is 989. The van der Waals surface area contributed by atoms with Gasteiger partial charge in [0.25, 0.3) is 0 Å². The average molecular weight is 374 g/mol. The van der Waals surface area contributed by atoms with Crippen molar-refractivity contribution in [2.45, 2.75) is 10.1 Å². The molecular weight excluding hydrogens is 364 g/mol. The Morgan fingerprint density at radius 3 is 2.83 bits per heavy atom. The van der Waals surface area contributed by atoms with Crippen molar-refractivity contribution in [3.05, 3.63) is 58.6 Å². The fourth-order valence-electron chi connectivity index (χ4n) is 1.99. The van der Waals surface area contributed by atoms with E-state index in [4.69, 9.17) is 21.2 Å². The molecule has 0 amide bonds. The van der Waals surface area contributed by atoms with E-state index >= 15 is 0 Å². The first kappa shape index (κ1) is 15.3. The molecule has 0 unspecified atom stereocenters. The van der Waals surface area contributed by atoms with Crippen LogP contribution in [0.1, 0.15) is 5.89 Å². The van der Waals surface area contributed by atoms with Crippen LogP contribution in [0.3, 0.4) is 0 Å². The Kier molecular flexibility index (Phi) is 4.28. The van der Waals surface area contributed by atoms with Crippen LogP contribution in [0.5, 0.6) is 0 Å². The molecule has 0 saturated heterocycles. The van der Waals surface area contributed by atoms with Gasteiger partial charge in [0.2, 0.25) is 11.7 Å². The molecule has 9 heteroatoms. The summed E-state index contributed by atoms with van der Waals surface area (Å²) in [6, 6.07) is 13.4. The summed E-state index contributed by atoms with van der Waals surface area (Å²) in [4.78, 5) is 4.31. The minimum atomic E-state index is 0.443. The van der Waals surface area contributed by atoms with E-state index in [0.717, 1.165) is 10.0 Å². The number of benzene rings is 1. The lowest BCUT2D eigenvalue weighted by Gasteiger charge is -1.98. The van der Waals surface area contributed by atoms with Gasteiger partial charge in [0, 0.05) is 0 Å². The number of para-hydroxylation sites is 1. The fourth-order valence-corrected chi connectivity index (χ4v) is 4.19. The van der Waals surface area contributed by atoms with Crippen LogP contribution in [0, 0.1) is 3.95 Å². The highest BCUT2D eigenvalue weighted by atomic mass is 32.2. The molecule has 0 radical (unpaired) electrons. The molecule has 1 aromatic carbocycles. The minimum absolute atomic E-state index is 0.443. The Morgan fingerprint density at radius 2 is 2.04 bits per heavy atom. The van der Waals surface area contributed by atoms with Gasteiger partial charge < -0.3 is 8.94 Å². The molecule has 0 saturated carbocycles. The summed E-state index contributed by atoms with van der Waals surface area (Å²) in [5.74, 6) is 2.06. The van der Waals surface area contributed by atoms with Gasteiger partial charge >= 0.3 is 0 Å². The maximum absolute atomic E-state index is 5.39. The Morgan fingerprint density at radius 1 is 1.17 bits per heavy atom. The van der Waals surface area contributed by atoms with Crippen molar-refractivity contribution in [3.8, 4) is 17.3 Å². The van der Waals surface area contributed by atoms with Crippen molar-refractivity contribution >= 4 is 35.3 Å². The number of hydrogen-bond donors (Lipinski definition) is 0. The Hall–Kier alpha value is -2.23. The number of rotatable bonds is 5. The van der Waals surface area contributed by atoms with Gasteiger partial charge in [-0.15, -0.1) is 5.10 Å². The predicted octanol–water partition coefficient (Wildman–Crippen LogP) is 4.60. The van der Waals surface area contributed by atoms with E-state index in [2.05, 4.69) is 15.2 Å². The minimum Gasteiger partial charge on any atom is -0.461 e. The monoisotopic (exact) mass is 374 g/mol. The zero-order valence-corrected chi connectivity index (χ0v) is 14.6. The van der Waals surface area contributed by atoms with Gasteiger partial charge in [-0.1, -0.05) is 46.5 Å². The molecule has 4 aromatic rings. The van der Waals surface area contributed by atoms with Crippen LogP contribution in [0.2, 0.25) is 0 Å². The summed E-state index contributed by atoms with van der Waals surface area (Å²) in [6.45, 7) is 0. The van der Waals surface area contributed by atoms with Crippen molar-refractivity contribution < 1.29 is 8.94 Å². The Balaban J connectivity index is 1.48. The maximum Gasteiger partial charge on any atom is 0.238 e. The molecule has 3 heterocycles. The van der Waals surface area contributed by atoms with E-state index in [-0.39, 0.29) is 0 Å². The molecule has 0 spiro atoms. The summed E-state index contributed by atoms with van der Waals surface area (Å²) in [5, 5.41) is 8.44. The smallest absolute Gasteiger partial charge is 0.238 e. The van der Waals surface area contributed by atoms with Crippen molar-refractivity contribution in [1.29, 1.82) is 0 Å². The third-order valence-corrected chi connectivity index (χ3v) is 5.41. The molecule has 0 aliphatic carbocycles. The molecule has 0 fully saturated rings. The quantitative estimate of drug-likeness (QED) is 0.373. The highest BCUT2D eigenvalue weighted by Crippen LogP contribution is 2.27. The molecule has 0 aliphatic rings. The van der Waals surface area contributed by atoms with Crippen LogP contribution in [-0.2, 0) is 5.75 Å². The zero-order valence-electron chi connectivity index (χ0n) is 12.2. The SMILES string of the molecule is S=c1sc(SCc2nc(-c3ccco3)no2)nn1-c1ccccc1. The van der Waals surface area contributed by atoms with Gasteiger partial charge in [0.15, 0.2) is 14.1 Å². The topological polar surface area (TPSA) is 69.9 Å². The summed E-state index contributed by atoms with van der Waals surface area (Å²) in [6.07, 6.45) is 1.57. The zero-order chi connectivity index (χ0) is 16.4. The van der Waals surface area contributed by atoms with Crippen molar-refractivity contribution in [2.75, 3.05) is 0 Å². The summed E-state index contributed by atoms with van der Waals surface area (Å²) in [7, 11) is 0. The first-order chi connectivity index (χ1) is 11.8. The number of aromatic nitrogens is 4. The largest absolute Gasteiger partial charge is 0.461 e. The maximum atomic E-state index is 5.39. The van der Waals surface area contributed by atoms with Crippen LogP contribution in [0.25, 0.3) is 17.3 Å². The van der Waals surface area contributed by atoms with Gasteiger partial charge in [0.1, 0.15) is 0 Å². The number of furan rings is 1. The fraction of sp³-hybridized carbons (Fsp3) is 0.0667. The van der Waals surface area contributed by atoms with E-state index in [1.807, 2.05) is 30.3 Å². The average Bonchev–Trinajstić information content (AvgIpc) is 3.34. The van der Waals surface area contributed by atoms with Gasteiger partial charge in [-0.25, -0.2) is 4.68 Å². The molecule has 0 N–H and O–H groups in total. The summed E-state index contributed by atoms with van der Waals surface area (Å²) < 4.78 is 13.8. The van der Waals surface area contributed by atoms with Crippen molar-refractivity contribution in [2.24, 2.45) is 0 Å². The van der Waals surface area contributed by atoms with Crippen molar-refractivity contribution in [1.82, 2.24) is 19.9 Å². The van der Waals surface area contributed by atoms with Crippen LogP contribution < -0.4 is 0 Å². The van der Waals surface area contributed by atoms with E-state index < -0.39 is 0 Å². The molecule has 0 aliphatic heterocycles. The van der Waals surface area contributed by atoms with Gasteiger partial charge in [0.05, 0.1) is 17.7 Å². The first-order valence-corrected chi connectivity index (χ1v) is 9.15. The molecule has 6 nitrogen and oxygen atoms in total. The van der Waals surface area contributed by atoms with Crippen LogP contribution in [-0.4, -0.2) is 19.9 Å². The standard InChI is InChI=1S/C15H10N4O2S3/c22-15-19(10-5-2-1-3-6-10)17-14(24-15)23-9-12-16-13(18-21-12)11-7-4-8-20-11/h1-8H,9H2. The highest BCUT2D eigenvalue weighted by molar-refractivity contribution is 8.00. The molecule has 4 rings (SSSR count). The first-order valence-electron chi connectivity index (χ1n) is 6.94. The second kappa shape index (κ2) is 6.71. The second-order valence-electron chi connectivity index (χ2n) is 4.66. The molecular formula is C15H10N4O2S3. The highest BCUT2D eigenvalue weighted by Gasteiger charge is 2.13. The third kappa shape index (κ3) is 3.18. The third-order valence-electron chi connectivity index (χ3n) is 3.06. The normalized spacial score (nSPS) is 11.0. The molecule has 0 bridgehead atoms. The molecule has 24 heavy (non-hydrogen) atoms. The van der Waals surface area contributed by atoms with E-state index in [9.17, 15) is 0 Å². The van der Waals surface area contributed by atoms with Crippen LogP contribution in [0.4, 0.5) is 0 Å². The molecule has 3 aromatic heterocycles. The van der Waals surface area contributed by atoms with Crippen molar-refractivity contribution in [3.63, 3.8) is 0 Å². The predicted molar refractivity (Wildman–Crippen MR) is 93.8 cm³/mol. The van der Waals surface area contributed by atoms with Gasteiger partial charge in [-0.3, -0.25) is 0 Å². The Labute approximate surface area is 150 Å². The summed E-state index contributed by atoms with van der Waals surface area (Å²) in [5.41, 5.74) is 0.948. The number of thioether (sulfide) groups is 1. The van der Waals surface area contributed by atoms with E-state index in [1.54, 1.807) is 23.1 Å². The lowest BCUT2D eigenvalue weighted by molar-refractivity contribution is 0.390. The van der Waals surface area contributed by atoms with E-state index in [0.29, 0.717) is 27.2 Å².